The number of rotatable bonds is 10. The van der Waals surface area contributed by atoms with Gasteiger partial charge >= 0.3 is 18.3 Å². The van der Waals surface area contributed by atoms with Crippen LogP contribution in [0.5, 0.6) is 0 Å². The van der Waals surface area contributed by atoms with E-state index in [1.807, 2.05) is 92.0 Å². The van der Waals surface area contributed by atoms with Crippen molar-refractivity contribution >= 4 is 52.7 Å². The summed E-state index contributed by atoms with van der Waals surface area (Å²) >= 11 is 0. The van der Waals surface area contributed by atoms with Crippen molar-refractivity contribution in [3.05, 3.63) is 102 Å². The van der Waals surface area contributed by atoms with Gasteiger partial charge in [0.15, 0.2) is 6.19 Å². The number of nitriles is 1. The van der Waals surface area contributed by atoms with Crippen LogP contribution in [0, 0.1) is 18.4 Å². The standard InChI is InChI=1S/C31H35N7O6.C17H24N2O5/c1-20-13-22-14-23(10-11-27(22)44-20)34-30(33-19-32)35-24-9-5-6-12-37(29(24)41)17-28(40)38-15-25(26(39)16-38)36-31(42)43-18-21-7-3-2-4-8-21;1-17(2,3)24-16(22)19-9-13(14(20)10-19)18-15(21)23-11-12-7-5-4-6-8-12/h2-4,7-8,10-11,13-14,24-26,39H,5-6,9,12,15-18H2,1H3,(H,36,42)(H2,33,34,35);4-8,13-14,20H,9-11H2,1-3H3,(H,18,21)/t24-,25?,26?;/m0./s1. The molecule has 68 heavy (non-hydrogen) atoms. The van der Waals surface area contributed by atoms with Gasteiger partial charge < -0.3 is 59.5 Å². The Bertz CT molecular complexity index is 2440. The van der Waals surface area contributed by atoms with E-state index in [1.54, 1.807) is 26.8 Å². The van der Waals surface area contributed by atoms with E-state index >= 15 is 0 Å². The number of guanidine groups is 1. The fourth-order valence-corrected chi connectivity index (χ4v) is 7.69. The van der Waals surface area contributed by atoms with Crippen molar-refractivity contribution in [2.75, 3.05) is 44.6 Å². The molecule has 3 aromatic carbocycles. The molecule has 0 spiro atoms. The maximum atomic E-state index is 13.5. The van der Waals surface area contributed by atoms with E-state index in [0.29, 0.717) is 31.5 Å². The maximum Gasteiger partial charge on any atom is 0.410 e. The highest BCUT2D eigenvalue weighted by molar-refractivity contribution is 5.98. The summed E-state index contributed by atoms with van der Waals surface area (Å²) in [6.07, 6.45) is 0.0549. The number of ether oxygens (including phenoxy) is 3. The summed E-state index contributed by atoms with van der Waals surface area (Å²) in [5.41, 5.74) is 2.48. The number of furan rings is 1. The fraction of sp³-hybridized carbons (Fsp3) is 0.438. The topological polar surface area (TPSA) is 261 Å². The van der Waals surface area contributed by atoms with Crippen molar-refractivity contribution in [2.24, 2.45) is 4.99 Å². The third-order valence-electron chi connectivity index (χ3n) is 11.1. The third-order valence-corrected chi connectivity index (χ3v) is 11.1. The highest BCUT2D eigenvalue weighted by Crippen LogP contribution is 2.24. The van der Waals surface area contributed by atoms with Crippen LogP contribution in [0.4, 0.5) is 20.1 Å². The van der Waals surface area contributed by atoms with E-state index in [-0.39, 0.29) is 63.7 Å². The number of β-amino-alcohol motifs (C(OH)–C–C–N with tert-alkyl or cyclic N) is 2. The Morgan fingerprint density at radius 3 is 2.00 bits per heavy atom. The Balaban J connectivity index is 0.000000268. The molecule has 0 bridgehead atoms. The highest BCUT2D eigenvalue weighted by Gasteiger charge is 2.39. The van der Waals surface area contributed by atoms with Crippen LogP contribution in [-0.2, 0) is 37.0 Å². The predicted molar refractivity (Wildman–Crippen MR) is 248 cm³/mol. The lowest BCUT2D eigenvalue weighted by Gasteiger charge is -2.25. The van der Waals surface area contributed by atoms with Gasteiger partial charge in [-0.15, -0.1) is 0 Å². The molecule has 0 radical (unpaired) electrons. The van der Waals surface area contributed by atoms with Crippen LogP contribution in [0.25, 0.3) is 11.0 Å². The van der Waals surface area contributed by atoms with Crippen LogP contribution in [-0.4, -0.2) is 136 Å². The summed E-state index contributed by atoms with van der Waals surface area (Å²) in [6.45, 7) is 7.99. The van der Waals surface area contributed by atoms with E-state index in [4.69, 9.17) is 18.6 Å². The predicted octanol–water partition coefficient (Wildman–Crippen LogP) is 4.35. The average Bonchev–Trinajstić information content (AvgIpc) is 3.96. The van der Waals surface area contributed by atoms with Gasteiger partial charge in [-0.3, -0.25) is 14.9 Å². The van der Waals surface area contributed by atoms with Crippen molar-refractivity contribution in [1.82, 2.24) is 30.7 Å². The molecular weight excluding hydrogens is 879 g/mol. The minimum Gasteiger partial charge on any atom is -0.461 e. The van der Waals surface area contributed by atoms with Crippen molar-refractivity contribution in [3.63, 3.8) is 0 Å². The molecule has 5 amide bonds. The molecule has 3 saturated heterocycles. The van der Waals surface area contributed by atoms with Crippen molar-refractivity contribution < 1.29 is 52.8 Å². The van der Waals surface area contributed by atoms with Gasteiger partial charge in [0.25, 0.3) is 0 Å². The minimum absolute atomic E-state index is 0.0206. The monoisotopic (exact) mass is 937 g/mol. The third kappa shape index (κ3) is 14.8. The molecule has 3 aliphatic rings. The lowest BCUT2D eigenvalue weighted by atomic mass is 10.1. The molecule has 3 aliphatic heterocycles. The quantitative estimate of drug-likeness (QED) is 0.0425. The van der Waals surface area contributed by atoms with Crippen LogP contribution < -0.4 is 21.3 Å². The summed E-state index contributed by atoms with van der Waals surface area (Å²) in [5.74, 6) is 0.224. The van der Waals surface area contributed by atoms with Crippen molar-refractivity contribution in [3.8, 4) is 6.19 Å². The highest BCUT2D eigenvalue weighted by atomic mass is 16.6. The first-order valence-corrected chi connectivity index (χ1v) is 22.4. The molecule has 3 fully saturated rings. The van der Waals surface area contributed by atoms with Gasteiger partial charge in [-0.1, -0.05) is 60.7 Å². The van der Waals surface area contributed by atoms with Gasteiger partial charge in [-0.25, -0.2) is 19.4 Å². The van der Waals surface area contributed by atoms with Crippen LogP contribution in [0.3, 0.4) is 0 Å². The number of carbonyl (C=O) groups excluding carboxylic acids is 5. The normalized spacial score (nSPS) is 20.6. The molecule has 20 heteroatoms. The molecule has 5 atom stereocenters. The lowest BCUT2D eigenvalue weighted by Crippen LogP contribution is -2.46. The van der Waals surface area contributed by atoms with Gasteiger partial charge in [-0.2, -0.15) is 5.26 Å². The van der Waals surface area contributed by atoms with Crippen molar-refractivity contribution in [1.29, 1.82) is 5.26 Å². The number of anilines is 1. The van der Waals surface area contributed by atoms with Crippen LogP contribution in [0.15, 0.2) is 94.3 Å². The maximum absolute atomic E-state index is 13.5. The molecule has 4 unspecified atom stereocenters. The Labute approximate surface area is 394 Å². The number of fused-ring (bicyclic) bond motifs is 1. The number of nitrogens with one attached hydrogen (secondary N) is 4. The number of hydrogen-bond acceptors (Lipinski definition) is 13. The zero-order chi connectivity index (χ0) is 48.8. The fourth-order valence-electron chi connectivity index (χ4n) is 7.69. The number of carbonyl (C=O) groups is 5. The molecule has 7 rings (SSSR count). The Morgan fingerprint density at radius 1 is 0.824 bits per heavy atom. The van der Waals surface area contributed by atoms with Crippen LogP contribution >= 0.6 is 0 Å². The molecular formula is C48H59N9O11. The van der Waals surface area contributed by atoms with Crippen molar-refractivity contribution in [2.45, 2.75) is 96.1 Å². The first-order valence-electron chi connectivity index (χ1n) is 22.4. The van der Waals surface area contributed by atoms with E-state index in [2.05, 4.69) is 26.3 Å². The summed E-state index contributed by atoms with van der Waals surface area (Å²) in [7, 11) is 0. The molecule has 362 valence electrons. The number of nitrogens with zero attached hydrogens (tertiary/aromatic N) is 5. The number of aliphatic imine (C=N–C) groups is 1. The molecule has 6 N–H and O–H groups in total. The lowest BCUT2D eigenvalue weighted by molar-refractivity contribution is -0.140. The zero-order valence-corrected chi connectivity index (χ0v) is 38.6. The summed E-state index contributed by atoms with van der Waals surface area (Å²) in [6, 6.07) is 23.8. The first-order chi connectivity index (χ1) is 32.5. The van der Waals surface area contributed by atoms with E-state index in [9.17, 15) is 39.4 Å². The van der Waals surface area contributed by atoms with Gasteiger partial charge in [0.2, 0.25) is 17.8 Å². The second-order valence-corrected chi connectivity index (χ2v) is 17.7. The number of alkyl carbamates (subject to hydrolysis) is 2. The molecule has 0 aliphatic carbocycles. The van der Waals surface area contributed by atoms with Crippen LogP contribution in [0.1, 0.15) is 56.9 Å². The number of aliphatic hydroxyl groups is 2. The zero-order valence-electron chi connectivity index (χ0n) is 38.6. The second-order valence-electron chi connectivity index (χ2n) is 17.7. The van der Waals surface area contributed by atoms with Gasteiger partial charge in [-0.05, 0) is 82.3 Å². The largest absolute Gasteiger partial charge is 0.461 e. The van der Waals surface area contributed by atoms with Gasteiger partial charge in [0.05, 0.1) is 37.4 Å². The number of likely N-dealkylation sites (tertiary alicyclic amines) is 3. The van der Waals surface area contributed by atoms with Gasteiger partial charge in [0, 0.05) is 37.3 Å². The average molecular weight is 938 g/mol. The van der Waals surface area contributed by atoms with E-state index in [1.165, 1.54) is 14.7 Å². The summed E-state index contributed by atoms with van der Waals surface area (Å²) in [5, 5.41) is 41.5. The second kappa shape index (κ2) is 23.4. The molecule has 4 aromatic rings. The molecule has 0 saturated carbocycles. The SMILES string of the molecule is CC(C)(C)OC(=O)N1CC(O)C(NC(=O)OCc2ccccc2)C1.Cc1cc2cc(NC(=N[C@H]3CCCCN(CC(=O)N4CC(O)C(NC(=O)OCc5ccccc5)C4)C3=O)NC#N)ccc2o1. The van der Waals surface area contributed by atoms with E-state index < -0.39 is 54.2 Å². The van der Waals surface area contributed by atoms with E-state index in [0.717, 1.165) is 27.9 Å². The molecule has 4 heterocycles. The molecule has 1 aromatic heterocycles. The number of benzene rings is 3. The first kappa shape index (κ1) is 50.1. The Kier molecular flexibility index (Phi) is 17.2. The number of hydrogen-bond donors (Lipinski definition) is 6. The summed E-state index contributed by atoms with van der Waals surface area (Å²) < 4.78 is 21.2. The smallest absolute Gasteiger partial charge is 0.410 e. The molecule has 20 nitrogen and oxygen atoms in total. The number of aliphatic hydroxyl groups excluding tert-OH is 2. The summed E-state index contributed by atoms with van der Waals surface area (Å²) in [4.78, 5) is 71.6. The number of aryl methyl sites for hydroxylation is 1. The minimum atomic E-state index is -0.976. The Morgan fingerprint density at radius 2 is 1.41 bits per heavy atom. The van der Waals surface area contributed by atoms with Gasteiger partial charge in [0.1, 0.15) is 36.2 Å². The Hall–Kier alpha value is -7.37. The van der Waals surface area contributed by atoms with Crippen LogP contribution in [0.2, 0.25) is 0 Å². The number of amides is 5.